The van der Waals surface area contributed by atoms with E-state index < -0.39 is 23.0 Å². The van der Waals surface area contributed by atoms with E-state index in [1.165, 1.54) is 27.7 Å². The zero-order valence-electron chi connectivity index (χ0n) is 11.2. The van der Waals surface area contributed by atoms with Crippen LogP contribution in [-0.4, -0.2) is 39.6 Å². The quantitative estimate of drug-likeness (QED) is 0.777. The molecule has 0 unspecified atom stereocenters. The molecule has 4 atom stereocenters. The van der Waals surface area contributed by atoms with Crippen LogP contribution < -0.4 is 0 Å². The maximum atomic E-state index is 11.6. The first-order valence-corrected chi connectivity index (χ1v) is 5.81. The zero-order valence-corrected chi connectivity index (χ0v) is 11.2. The Hall–Kier alpha value is -0.820. The summed E-state index contributed by atoms with van der Waals surface area (Å²) in [7, 11) is 0. The highest BCUT2D eigenvalue weighted by molar-refractivity contribution is 5.86. The van der Waals surface area contributed by atoms with Gasteiger partial charge in [-0.05, 0) is 27.7 Å². The smallest absolute Gasteiger partial charge is 0.231 e. The Kier molecular flexibility index (Phi) is 2.56. The van der Waals surface area contributed by atoms with Crippen molar-refractivity contribution in [3.8, 4) is 0 Å². The summed E-state index contributed by atoms with van der Waals surface area (Å²) in [4.78, 5) is 23.1. The number of rotatable bonds is 2. The van der Waals surface area contributed by atoms with Gasteiger partial charge in [0.1, 0.15) is 5.60 Å². The van der Waals surface area contributed by atoms with Crippen molar-refractivity contribution in [2.24, 2.45) is 0 Å². The van der Waals surface area contributed by atoms with Crippen molar-refractivity contribution < 1.29 is 28.9 Å². The molecule has 18 heavy (non-hydrogen) atoms. The van der Waals surface area contributed by atoms with Crippen LogP contribution in [0.4, 0.5) is 0 Å². The fourth-order valence-electron chi connectivity index (χ4n) is 2.45. The highest BCUT2D eigenvalue weighted by Gasteiger charge is 2.73. The van der Waals surface area contributed by atoms with Crippen LogP contribution >= 0.6 is 0 Å². The molecule has 0 spiro atoms. The van der Waals surface area contributed by atoms with E-state index in [0.717, 1.165) is 0 Å². The third-order valence-corrected chi connectivity index (χ3v) is 3.84. The van der Waals surface area contributed by atoms with Crippen LogP contribution in [0, 0.1) is 0 Å². The van der Waals surface area contributed by atoms with Gasteiger partial charge >= 0.3 is 0 Å². The number of fused-ring (bicyclic) bond motifs is 1. The highest BCUT2D eigenvalue weighted by atomic mass is 16.9. The number of ether oxygens (including phenoxy) is 3. The first kappa shape index (κ1) is 13.6. The molecule has 0 aromatic rings. The third kappa shape index (κ3) is 1.56. The topological polar surface area (TPSA) is 82.1 Å². The van der Waals surface area contributed by atoms with Gasteiger partial charge in [-0.25, -0.2) is 0 Å². The summed E-state index contributed by atoms with van der Waals surface area (Å²) < 4.78 is 16.4. The molecule has 2 saturated heterocycles. The summed E-state index contributed by atoms with van der Waals surface area (Å²) >= 11 is 0. The second kappa shape index (κ2) is 3.39. The fraction of sp³-hybridized carbons (Fsp3) is 0.833. The van der Waals surface area contributed by atoms with Crippen LogP contribution in [-0.2, 0) is 23.8 Å². The molecule has 2 heterocycles. The Morgan fingerprint density at radius 1 is 1.00 bits per heavy atom. The number of hydrogen-bond acceptors (Lipinski definition) is 6. The van der Waals surface area contributed by atoms with Crippen molar-refractivity contribution in [1.29, 1.82) is 0 Å². The van der Waals surface area contributed by atoms with E-state index in [9.17, 15) is 14.7 Å². The normalized spacial score (nSPS) is 51.2. The maximum absolute atomic E-state index is 11.6. The Labute approximate surface area is 105 Å². The predicted octanol–water partition coefficient (Wildman–Crippen LogP) is 0.511. The summed E-state index contributed by atoms with van der Waals surface area (Å²) in [5, 5.41) is 10.5. The van der Waals surface area contributed by atoms with E-state index >= 15 is 0 Å². The largest absolute Gasteiger partial charge is 0.361 e. The molecule has 102 valence electrons. The van der Waals surface area contributed by atoms with Crippen LogP contribution in [0.5, 0.6) is 0 Å². The monoisotopic (exact) mass is 258 g/mol. The molecule has 2 rings (SSSR count). The van der Waals surface area contributed by atoms with E-state index in [2.05, 4.69) is 0 Å². The molecule has 0 aromatic carbocycles. The molecule has 2 aliphatic rings. The average molecular weight is 258 g/mol. The Balaban J connectivity index is 2.37. The lowest BCUT2D eigenvalue weighted by molar-refractivity contribution is -0.271. The lowest BCUT2D eigenvalue weighted by Crippen LogP contribution is -2.45. The summed E-state index contributed by atoms with van der Waals surface area (Å²) in [5.41, 5.74) is -1.18. The molecule has 0 aliphatic carbocycles. The number of carbonyl (C=O) groups excluding carboxylic acids is 2. The van der Waals surface area contributed by atoms with Gasteiger partial charge in [0.15, 0.2) is 11.6 Å². The van der Waals surface area contributed by atoms with E-state index in [-0.39, 0.29) is 18.0 Å². The Bertz CT molecular complexity index is 374. The van der Waals surface area contributed by atoms with E-state index in [4.69, 9.17) is 14.2 Å². The van der Waals surface area contributed by atoms with Gasteiger partial charge in [-0.1, -0.05) is 0 Å². The van der Waals surface area contributed by atoms with Crippen LogP contribution in [0.2, 0.25) is 0 Å². The van der Waals surface area contributed by atoms with Crippen molar-refractivity contribution in [3.63, 3.8) is 0 Å². The van der Waals surface area contributed by atoms with Gasteiger partial charge < -0.3 is 19.3 Å². The summed E-state index contributed by atoms with van der Waals surface area (Å²) in [6.45, 7) is 7.13. The number of Topliss-reactive ketones (excluding diaryl/α,β-unsaturated/α-hetero) is 2. The fourth-order valence-corrected chi connectivity index (χ4v) is 2.45. The summed E-state index contributed by atoms with van der Waals surface area (Å²) in [5.74, 6) is -5.51. The molecule has 6 heteroatoms. The van der Waals surface area contributed by atoms with Crippen LogP contribution in [0.1, 0.15) is 41.0 Å². The number of ketones is 2. The molecule has 0 aromatic heterocycles. The van der Waals surface area contributed by atoms with E-state index in [1.807, 2.05) is 0 Å². The van der Waals surface area contributed by atoms with Crippen molar-refractivity contribution in [3.05, 3.63) is 0 Å². The van der Waals surface area contributed by atoms with Gasteiger partial charge in [-0.15, -0.1) is 0 Å². The van der Waals surface area contributed by atoms with Crippen LogP contribution in [0.3, 0.4) is 0 Å². The number of aliphatic hydroxyl groups is 1. The second-order valence-corrected chi connectivity index (χ2v) is 5.50. The van der Waals surface area contributed by atoms with Gasteiger partial charge in [0, 0.05) is 13.3 Å². The molecular weight excluding hydrogens is 240 g/mol. The summed E-state index contributed by atoms with van der Waals surface area (Å²) in [6.07, 6.45) is -0.0747. The molecule has 0 bridgehead atoms. The maximum Gasteiger partial charge on any atom is 0.231 e. The van der Waals surface area contributed by atoms with Gasteiger partial charge in [0.05, 0.1) is 0 Å². The van der Waals surface area contributed by atoms with Gasteiger partial charge in [-0.2, -0.15) is 0 Å². The standard InChI is InChI=1S/C12H18O6/c1-7(13)9(3)6-12(15)11(5,16-9)17-10(4,18-12)8(2)14/h15H,6H2,1-5H3/t9-,10-,11+,12-/m0/s1. The van der Waals surface area contributed by atoms with Gasteiger partial charge in [0.25, 0.3) is 0 Å². The van der Waals surface area contributed by atoms with Crippen molar-refractivity contribution in [2.75, 3.05) is 0 Å². The minimum Gasteiger partial charge on any atom is -0.361 e. The summed E-state index contributed by atoms with van der Waals surface area (Å²) in [6, 6.07) is 0. The SMILES string of the molecule is CC(=O)[C@@]1(C)O[C@@]2(C)O[C@](C)(C(C)=O)C[C@]2(O)O1. The van der Waals surface area contributed by atoms with Crippen LogP contribution in [0.15, 0.2) is 0 Å². The third-order valence-electron chi connectivity index (χ3n) is 3.84. The first-order valence-electron chi connectivity index (χ1n) is 5.81. The minimum atomic E-state index is -1.81. The number of hydrogen-bond donors (Lipinski definition) is 1. The Morgan fingerprint density at radius 2 is 1.56 bits per heavy atom. The van der Waals surface area contributed by atoms with Crippen molar-refractivity contribution >= 4 is 11.6 Å². The lowest BCUT2D eigenvalue weighted by atomic mass is 9.94. The average Bonchev–Trinajstić information content (AvgIpc) is 2.43. The molecular formula is C12H18O6. The molecule has 6 nitrogen and oxygen atoms in total. The van der Waals surface area contributed by atoms with Crippen molar-refractivity contribution in [1.82, 2.24) is 0 Å². The van der Waals surface area contributed by atoms with Crippen molar-refractivity contribution in [2.45, 2.75) is 64.0 Å². The molecule has 0 amide bonds. The van der Waals surface area contributed by atoms with E-state index in [0.29, 0.717) is 0 Å². The molecule has 2 fully saturated rings. The highest BCUT2D eigenvalue weighted by Crippen LogP contribution is 2.55. The predicted molar refractivity (Wildman–Crippen MR) is 59.4 cm³/mol. The molecule has 1 N–H and O–H groups in total. The first-order chi connectivity index (χ1) is 7.97. The number of carbonyl (C=O) groups is 2. The van der Waals surface area contributed by atoms with Gasteiger partial charge in [-0.3, -0.25) is 9.59 Å². The van der Waals surface area contributed by atoms with Gasteiger partial charge in [0.2, 0.25) is 17.4 Å². The van der Waals surface area contributed by atoms with Crippen LogP contribution in [0.25, 0.3) is 0 Å². The molecule has 2 aliphatic heterocycles. The zero-order chi connectivity index (χ0) is 14.0. The lowest BCUT2D eigenvalue weighted by Gasteiger charge is -2.29. The molecule has 0 radical (unpaired) electrons. The Morgan fingerprint density at radius 3 is 1.94 bits per heavy atom. The second-order valence-electron chi connectivity index (χ2n) is 5.50. The molecule has 0 saturated carbocycles. The van der Waals surface area contributed by atoms with E-state index in [1.54, 1.807) is 6.92 Å². The minimum absolute atomic E-state index is 0.0747.